The molecule has 0 aliphatic carbocycles. The minimum Gasteiger partial charge on any atom is -0.494 e. The maximum absolute atomic E-state index is 12.5. The van der Waals surface area contributed by atoms with Crippen LogP contribution in [0.3, 0.4) is 0 Å². The number of fused-ring (bicyclic) bond motifs is 1. The number of rotatable bonds is 5. The van der Waals surface area contributed by atoms with E-state index in [0.717, 1.165) is 16.6 Å². The molecule has 1 amide bonds. The summed E-state index contributed by atoms with van der Waals surface area (Å²) in [5.41, 5.74) is 9.02. The zero-order valence-electron chi connectivity index (χ0n) is 15.7. The van der Waals surface area contributed by atoms with Crippen molar-refractivity contribution in [1.29, 1.82) is 0 Å². The first-order chi connectivity index (χ1) is 14.2. The Balaban J connectivity index is 1.54. The van der Waals surface area contributed by atoms with Crippen LogP contribution in [0.5, 0.6) is 5.75 Å². The van der Waals surface area contributed by atoms with Gasteiger partial charge in [-0.25, -0.2) is 9.97 Å². The van der Waals surface area contributed by atoms with Crippen molar-refractivity contribution in [1.82, 2.24) is 9.97 Å². The largest absolute Gasteiger partial charge is 0.494 e. The smallest absolute Gasteiger partial charge is 0.255 e. The molecule has 0 spiro atoms. The molecule has 29 heavy (non-hydrogen) atoms. The lowest BCUT2D eigenvalue weighted by molar-refractivity contribution is 0.102. The molecule has 7 nitrogen and oxygen atoms in total. The quantitative estimate of drug-likeness (QED) is 0.445. The van der Waals surface area contributed by atoms with Gasteiger partial charge < -0.3 is 21.1 Å². The SMILES string of the molecule is COc1cccc2c(Nc3ccc(C(=O)Nc4ccccc4N)cc3)ncnc12. The minimum absolute atomic E-state index is 0.230. The van der Waals surface area contributed by atoms with Gasteiger partial charge in [0, 0.05) is 16.6 Å². The normalized spacial score (nSPS) is 10.5. The second-order valence-corrected chi connectivity index (χ2v) is 6.32. The molecule has 0 fully saturated rings. The Bertz CT molecular complexity index is 1180. The monoisotopic (exact) mass is 385 g/mol. The Labute approximate surface area is 167 Å². The number of nitrogens with two attached hydrogens (primary N) is 1. The van der Waals surface area contributed by atoms with E-state index < -0.39 is 0 Å². The van der Waals surface area contributed by atoms with Gasteiger partial charge in [-0.1, -0.05) is 18.2 Å². The molecular weight excluding hydrogens is 366 g/mol. The predicted octanol–water partition coefficient (Wildman–Crippen LogP) is 4.22. The van der Waals surface area contributed by atoms with Crippen LogP contribution in [-0.4, -0.2) is 23.0 Å². The van der Waals surface area contributed by atoms with Gasteiger partial charge in [0.1, 0.15) is 23.4 Å². The Morgan fingerprint density at radius 1 is 0.966 bits per heavy atom. The van der Waals surface area contributed by atoms with Crippen LogP contribution in [0.2, 0.25) is 0 Å². The number of nitrogens with one attached hydrogen (secondary N) is 2. The van der Waals surface area contributed by atoms with Crippen molar-refractivity contribution < 1.29 is 9.53 Å². The van der Waals surface area contributed by atoms with Gasteiger partial charge in [0.25, 0.3) is 5.91 Å². The van der Waals surface area contributed by atoms with E-state index >= 15 is 0 Å². The number of hydrogen-bond donors (Lipinski definition) is 3. The number of ether oxygens (including phenoxy) is 1. The molecule has 4 aromatic rings. The second-order valence-electron chi connectivity index (χ2n) is 6.32. The number of amides is 1. The number of anilines is 4. The summed E-state index contributed by atoms with van der Waals surface area (Å²) in [4.78, 5) is 21.1. The summed E-state index contributed by atoms with van der Waals surface area (Å²) in [6.07, 6.45) is 1.49. The number of aromatic nitrogens is 2. The summed E-state index contributed by atoms with van der Waals surface area (Å²) < 4.78 is 5.36. The van der Waals surface area contributed by atoms with Gasteiger partial charge in [0.15, 0.2) is 0 Å². The van der Waals surface area contributed by atoms with Gasteiger partial charge in [0.05, 0.1) is 18.5 Å². The van der Waals surface area contributed by atoms with Crippen LogP contribution in [0.1, 0.15) is 10.4 Å². The van der Waals surface area contributed by atoms with Gasteiger partial charge >= 0.3 is 0 Å². The number of nitrogen functional groups attached to an aromatic ring is 1. The van der Waals surface area contributed by atoms with Crippen molar-refractivity contribution >= 4 is 39.7 Å². The molecule has 0 saturated heterocycles. The van der Waals surface area contributed by atoms with Gasteiger partial charge in [-0.05, 0) is 48.5 Å². The molecule has 0 bridgehead atoms. The fraction of sp³-hybridized carbons (Fsp3) is 0.0455. The number of carbonyl (C=O) groups excluding carboxylic acids is 1. The van der Waals surface area contributed by atoms with Crippen LogP contribution >= 0.6 is 0 Å². The molecule has 4 rings (SSSR count). The first-order valence-corrected chi connectivity index (χ1v) is 8.96. The Kier molecular flexibility index (Phi) is 4.94. The van der Waals surface area contributed by atoms with Crippen LogP contribution in [-0.2, 0) is 0 Å². The third-order valence-electron chi connectivity index (χ3n) is 4.47. The highest BCUT2D eigenvalue weighted by atomic mass is 16.5. The number of para-hydroxylation sites is 3. The molecule has 1 heterocycles. The van der Waals surface area contributed by atoms with E-state index in [2.05, 4.69) is 20.6 Å². The molecule has 0 aliphatic rings. The molecule has 0 unspecified atom stereocenters. The van der Waals surface area contributed by atoms with Crippen LogP contribution < -0.4 is 21.1 Å². The van der Waals surface area contributed by atoms with E-state index in [-0.39, 0.29) is 5.91 Å². The fourth-order valence-corrected chi connectivity index (χ4v) is 2.97. The van der Waals surface area contributed by atoms with E-state index in [4.69, 9.17) is 10.5 Å². The van der Waals surface area contributed by atoms with Crippen molar-refractivity contribution in [2.45, 2.75) is 0 Å². The summed E-state index contributed by atoms with van der Waals surface area (Å²) >= 11 is 0. The van der Waals surface area contributed by atoms with Gasteiger partial charge in [-0.2, -0.15) is 0 Å². The van der Waals surface area contributed by atoms with E-state index in [1.165, 1.54) is 6.33 Å². The average molecular weight is 385 g/mol. The van der Waals surface area contributed by atoms with E-state index in [9.17, 15) is 4.79 Å². The third-order valence-corrected chi connectivity index (χ3v) is 4.47. The highest BCUT2D eigenvalue weighted by molar-refractivity contribution is 6.06. The Hall–Kier alpha value is -4.13. The molecule has 0 atom stereocenters. The molecule has 4 N–H and O–H groups in total. The van der Waals surface area contributed by atoms with E-state index in [1.54, 1.807) is 31.4 Å². The van der Waals surface area contributed by atoms with Gasteiger partial charge in [-0.3, -0.25) is 4.79 Å². The van der Waals surface area contributed by atoms with Crippen LogP contribution in [0.25, 0.3) is 10.9 Å². The topological polar surface area (TPSA) is 102 Å². The Morgan fingerprint density at radius 3 is 2.52 bits per heavy atom. The molecule has 7 heteroatoms. The van der Waals surface area contributed by atoms with E-state index in [1.807, 2.05) is 42.5 Å². The number of hydrogen-bond acceptors (Lipinski definition) is 6. The summed E-state index contributed by atoms with van der Waals surface area (Å²) in [6.45, 7) is 0. The summed E-state index contributed by atoms with van der Waals surface area (Å²) in [6, 6.07) is 19.9. The maximum atomic E-state index is 12.5. The zero-order chi connectivity index (χ0) is 20.2. The molecule has 0 radical (unpaired) electrons. The van der Waals surface area contributed by atoms with Crippen LogP contribution in [0.15, 0.2) is 73.1 Å². The summed E-state index contributed by atoms with van der Waals surface area (Å²) in [5, 5.41) is 6.92. The Morgan fingerprint density at radius 2 is 1.76 bits per heavy atom. The lowest BCUT2D eigenvalue weighted by atomic mass is 10.1. The number of nitrogens with zero attached hydrogens (tertiary/aromatic N) is 2. The molecule has 1 aromatic heterocycles. The lowest BCUT2D eigenvalue weighted by Crippen LogP contribution is -2.13. The highest BCUT2D eigenvalue weighted by Gasteiger charge is 2.10. The standard InChI is InChI=1S/C22H19N5O2/c1-29-19-8-4-5-16-20(19)24-13-25-21(16)26-15-11-9-14(10-12-15)22(28)27-18-7-3-2-6-17(18)23/h2-13H,23H2,1H3,(H,27,28)(H,24,25,26). The van der Waals surface area contributed by atoms with Gasteiger partial charge in [0.2, 0.25) is 0 Å². The first-order valence-electron chi connectivity index (χ1n) is 8.96. The van der Waals surface area contributed by atoms with Crippen molar-refractivity contribution in [2.75, 3.05) is 23.5 Å². The predicted molar refractivity (Wildman–Crippen MR) is 115 cm³/mol. The zero-order valence-corrected chi connectivity index (χ0v) is 15.7. The first kappa shape index (κ1) is 18.2. The fourth-order valence-electron chi connectivity index (χ4n) is 2.97. The van der Waals surface area contributed by atoms with E-state index in [0.29, 0.717) is 28.5 Å². The highest BCUT2D eigenvalue weighted by Crippen LogP contribution is 2.29. The van der Waals surface area contributed by atoms with Crippen LogP contribution in [0.4, 0.5) is 22.9 Å². The summed E-state index contributed by atoms with van der Waals surface area (Å²) in [7, 11) is 1.61. The molecular formula is C22H19N5O2. The van der Waals surface area contributed by atoms with Crippen molar-refractivity contribution in [3.05, 3.63) is 78.6 Å². The lowest BCUT2D eigenvalue weighted by Gasteiger charge is -2.11. The third kappa shape index (κ3) is 3.79. The van der Waals surface area contributed by atoms with Crippen molar-refractivity contribution in [3.8, 4) is 5.75 Å². The number of carbonyl (C=O) groups is 1. The number of benzene rings is 3. The summed E-state index contributed by atoms with van der Waals surface area (Å²) in [5.74, 6) is 1.11. The average Bonchev–Trinajstić information content (AvgIpc) is 2.75. The maximum Gasteiger partial charge on any atom is 0.255 e. The number of methoxy groups -OCH3 is 1. The van der Waals surface area contributed by atoms with Crippen molar-refractivity contribution in [3.63, 3.8) is 0 Å². The molecule has 144 valence electrons. The molecule has 3 aromatic carbocycles. The minimum atomic E-state index is -0.230. The second kappa shape index (κ2) is 7.85. The van der Waals surface area contributed by atoms with Gasteiger partial charge in [-0.15, -0.1) is 0 Å². The molecule has 0 saturated carbocycles. The van der Waals surface area contributed by atoms with Crippen LogP contribution in [0, 0.1) is 0 Å². The van der Waals surface area contributed by atoms with Crippen molar-refractivity contribution in [2.24, 2.45) is 0 Å². The molecule has 0 aliphatic heterocycles.